The summed E-state index contributed by atoms with van der Waals surface area (Å²) in [5, 5.41) is 17.8. The summed E-state index contributed by atoms with van der Waals surface area (Å²) in [4.78, 5) is 63.8. The van der Waals surface area contributed by atoms with Crippen LogP contribution in [0.25, 0.3) is 12.2 Å². The molecule has 0 radical (unpaired) electrons. The van der Waals surface area contributed by atoms with E-state index >= 15 is 0 Å². The van der Waals surface area contributed by atoms with E-state index in [2.05, 4.69) is 61.8 Å². The van der Waals surface area contributed by atoms with Gasteiger partial charge in [0.2, 0.25) is 17.8 Å². The molecule has 0 amide bonds. The molecule has 22 nitrogen and oxygen atoms in total. The monoisotopic (exact) mass is 1510 g/mol. The third-order valence-corrected chi connectivity index (χ3v) is 15.5. The first kappa shape index (κ1) is 82.1. The fraction of sp³-hybridized carbons (Fsp3) is 0.188. The van der Waals surface area contributed by atoms with Gasteiger partial charge >= 0.3 is 0 Å². The van der Waals surface area contributed by atoms with Crippen LogP contribution in [0.5, 0.6) is 17.2 Å². The van der Waals surface area contributed by atoms with Crippen molar-refractivity contribution >= 4 is 98.9 Å². The number of ether oxygens (including phenoxy) is 6. The molecule has 11 aromatic rings. The number of nitrogens with zero attached hydrogens (tertiary/aromatic N) is 7. The summed E-state index contributed by atoms with van der Waals surface area (Å²) in [6.07, 6.45) is 12.3. The molecule has 0 spiro atoms. The quantitative estimate of drug-likeness (QED) is 0.0120. The van der Waals surface area contributed by atoms with E-state index < -0.39 is 23.3 Å². The maximum Gasteiger partial charge on any atom is 0.229 e. The van der Waals surface area contributed by atoms with Crippen molar-refractivity contribution in [1.82, 2.24) is 34.8 Å². The van der Waals surface area contributed by atoms with Gasteiger partial charge in [0.15, 0.2) is 63.8 Å². The van der Waals surface area contributed by atoms with Crippen molar-refractivity contribution in [3.63, 3.8) is 0 Å². The first-order valence-corrected chi connectivity index (χ1v) is 35.1. The number of carbonyl (C=O) groups excluding carboxylic acids is 3. The Morgan fingerprint density at radius 1 is 0.387 bits per heavy atom. The van der Waals surface area contributed by atoms with Gasteiger partial charge in [0.25, 0.3) is 0 Å². The number of likely N-dealkylation sites (N-methyl/N-ethyl adjacent to an activating group) is 1. The lowest BCUT2D eigenvalue weighted by molar-refractivity contribution is -0.114. The van der Waals surface area contributed by atoms with Crippen LogP contribution in [0.2, 0.25) is 0 Å². The van der Waals surface area contributed by atoms with E-state index in [0.717, 1.165) is 63.4 Å². The minimum absolute atomic E-state index is 0.00306. The van der Waals surface area contributed by atoms with Gasteiger partial charge in [0.05, 0.1) is 38.4 Å². The number of hydrogen-bond acceptors (Lipinski definition) is 22. The number of benzene rings is 8. The number of methoxy groups -OCH3 is 3. The number of hydrogen-bond donors (Lipinski definition) is 6. The van der Waals surface area contributed by atoms with Crippen LogP contribution in [0.1, 0.15) is 34.7 Å². The summed E-state index contributed by atoms with van der Waals surface area (Å²) in [5.74, 6) is -0.430. The summed E-state index contributed by atoms with van der Waals surface area (Å²) in [6, 6.07) is 59.6. The predicted octanol–water partition coefficient (Wildman–Crippen LogP) is 16.8. The molecule has 111 heavy (non-hydrogen) atoms. The number of carbonyl (C=O) groups is 3. The van der Waals surface area contributed by atoms with Crippen LogP contribution in [0.15, 0.2) is 243 Å². The Balaban J connectivity index is 0.000000191. The van der Waals surface area contributed by atoms with Crippen LogP contribution in [0, 0.1) is 23.3 Å². The zero-order chi connectivity index (χ0) is 78.5. The molecular formula is C85H85F4N13O9. The Bertz CT molecular complexity index is 4890. The highest BCUT2D eigenvalue weighted by molar-refractivity contribution is 5.96. The molecule has 6 N–H and O–H groups in total. The molecule has 26 heteroatoms. The van der Waals surface area contributed by atoms with Crippen LogP contribution >= 0.6 is 0 Å². The second kappa shape index (κ2) is 43.7. The van der Waals surface area contributed by atoms with Gasteiger partial charge in [-0.2, -0.15) is 15.0 Å². The molecule has 3 aromatic heterocycles. The molecule has 572 valence electrons. The van der Waals surface area contributed by atoms with Crippen molar-refractivity contribution in [2.45, 2.75) is 26.2 Å². The van der Waals surface area contributed by atoms with E-state index in [1.165, 1.54) is 19.2 Å². The average molecular weight is 1510 g/mol. The van der Waals surface area contributed by atoms with Gasteiger partial charge in [-0.1, -0.05) is 115 Å². The largest absolute Gasteiger partial charge is 0.491 e. The smallest absolute Gasteiger partial charge is 0.229 e. The topological polar surface area (TPSA) is 259 Å². The molecule has 0 atom stereocenters. The molecule has 3 heterocycles. The molecular weight excluding hydrogens is 1420 g/mol. The fourth-order valence-electron chi connectivity index (χ4n) is 10.4. The molecule has 0 saturated heterocycles. The fourth-order valence-corrected chi connectivity index (χ4v) is 10.4. The van der Waals surface area contributed by atoms with Crippen LogP contribution in [0.3, 0.4) is 0 Å². The summed E-state index contributed by atoms with van der Waals surface area (Å²) in [7, 11) is 8.65. The molecule has 0 aliphatic rings. The summed E-state index contributed by atoms with van der Waals surface area (Å²) in [6.45, 7) is 5.11. The van der Waals surface area contributed by atoms with Crippen LogP contribution in [-0.4, -0.2) is 134 Å². The normalized spacial score (nSPS) is 11.1. The molecule has 0 fully saturated rings. The first-order valence-electron chi connectivity index (χ1n) is 35.1. The van der Waals surface area contributed by atoms with Crippen molar-refractivity contribution in [3.8, 4) is 17.2 Å². The lowest BCUT2D eigenvalue weighted by Gasteiger charge is -2.12. The van der Waals surface area contributed by atoms with Crippen molar-refractivity contribution in [1.29, 1.82) is 0 Å². The lowest BCUT2D eigenvalue weighted by Crippen LogP contribution is -2.14. The Kier molecular flexibility index (Phi) is 32.3. The van der Waals surface area contributed by atoms with E-state index in [4.69, 9.17) is 28.4 Å². The van der Waals surface area contributed by atoms with Crippen LogP contribution < -0.4 is 46.1 Å². The van der Waals surface area contributed by atoms with E-state index in [-0.39, 0.29) is 84.3 Å². The number of halogens is 4. The highest BCUT2D eigenvalue weighted by atomic mass is 19.1. The maximum atomic E-state index is 14.5. The number of aromatic nitrogens is 6. The van der Waals surface area contributed by atoms with Crippen molar-refractivity contribution in [2.24, 2.45) is 0 Å². The van der Waals surface area contributed by atoms with E-state index in [1.807, 2.05) is 159 Å². The van der Waals surface area contributed by atoms with Crippen molar-refractivity contribution < 1.29 is 60.4 Å². The van der Waals surface area contributed by atoms with Gasteiger partial charge in [-0.25, -0.2) is 32.5 Å². The number of allylic oxidation sites excluding steroid dienone is 3. The summed E-state index contributed by atoms with van der Waals surface area (Å²) >= 11 is 0. The molecule has 8 aromatic carbocycles. The molecule has 0 aliphatic carbocycles. The number of rotatable bonds is 37. The first-order chi connectivity index (χ1) is 53.9. The molecule has 0 unspecified atom stereocenters. The zero-order valence-electron chi connectivity index (χ0n) is 62.1. The number of anilines is 12. The standard InChI is InChI=1S/2C29H27FN4O3.C27H31F2N5O3/c1-36-16-17-37-26-14-11-23(12-15-26)33-29-31-20-27(30)28(34-29)32-24-9-5-8-22(18-24)19-25(35)13-10-21-6-3-2-4-7-21;1-36-17-18-37-26-15-12-24(13-16-26)33-29-31-20-27(30)28(34-29)32-23-10-7-22(8-11-23)19-25(35)14-9-21-5-3-2-4-6-21;1-18(17-34(2)3)12-22(35)14-19-6-5-7-20(13-19)31-26-24(29)16-30-27(33-26)32-21-8-9-25(23(28)15-21)37-11-10-36-4/h2-15,18,20H,16-17,19H2,1H3,(H2,31,32,33,34);2-16,20H,17-19H2,1H3,(H2,31,32,33,34);5-9,12-13,15-16H,10-11,14,17H2,1-4H3,(H2,30,31,32,33)/b13-10+;14-9+;18-12+. The zero-order valence-corrected chi connectivity index (χ0v) is 62.1. The van der Waals surface area contributed by atoms with Crippen molar-refractivity contribution in [3.05, 3.63) is 294 Å². The Morgan fingerprint density at radius 2 is 0.766 bits per heavy atom. The van der Waals surface area contributed by atoms with Crippen LogP contribution in [0.4, 0.5) is 87.0 Å². The minimum Gasteiger partial charge on any atom is -0.491 e. The highest BCUT2D eigenvalue weighted by Gasteiger charge is 2.15. The van der Waals surface area contributed by atoms with Crippen LogP contribution in [-0.2, 0) is 47.9 Å². The summed E-state index contributed by atoms with van der Waals surface area (Å²) < 4.78 is 88.8. The van der Waals surface area contributed by atoms with E-state index in [9.17, 15) is 31.9 Å². The van der Waals surface area contributed by atoms with Gasteiger partial charge in [-0.3, -0.25) is 14.4 Å². The second-order valence-electron chi connectivity index (χ2n) is 24.9. The highest BCUT2D eigenvalue weighted by Crippen LogP contribution is 2.29. The molecule has 0 aliphatic heterocycles. The molecule has 11 rings (SSSR count). The second-order valence-corrected chi connectivity index (χ2v) is 24.9. The maximum absolute atomic E-state index is 14.5. The van der Waals surface area contributed by atoms with Gasteiger partial charge in [0.1, 0.15) is 31.3 Å². The van der Waals surface area contributed by atoms with Gasteiger partial charge < -0.3 is 65.2 Å². The third-order valence-electron chi connectivity index (χ3n) is 15.5. The lowest BCUT2D eigenvalue weighted by atomic mass is 10.1. The minimum atomic E-state index is -0.664. The van der Waals surface area contributed by atoms with Gasteiger partial charge in [0, 0.05) is 87.3 Å². The predicted molar refractivity (Wildman–Crippen MR) is 426 cm³/mol. The molecule has 0 bridgehead atoms. The van der Waals surface area contributed by atoms with E-state index in [1.54, 1.807) is 99.2 Å². The number of ketones is 3. The summed E-state index contributed by atoms with van der Waals surface area (Å²) in [5.41, 5.74) is 8.96. The Hall–Kier alpha value is -13.0. The van der Waals surface area contributed by atoms with Crippen molar-refractivity contribution in [2.75, 3.05) is 114 Å². The average Bonchev–Trinajstić information content (AvgIpc) is 0.856. The SMILES string of the molecule is COCCOc1ccc(Nc2ncc(F)c(Nc3ccc(CC(=O)/C=C/c4ccccc4)cc3)n2)cc1.COCCOc1ccc(Nc2ncc(F)c(Nc3cccc(CC(=O)/C=C(\C)CN(C)C)c3)n2)cc1F.COCCOc1ccc(Nc2ncc(F)c(Nc3cccc(CC(=O)/C=C/c4ccccc4)c3)n2)cc1. The molecule has 0 saturated carbocycles. The van der Waals surface area contributed by atoms with E-state index in [0.29, 0.717) is 73.8 Å². The van der Waals surface area contributed by atoms with Gasteiger partial charge in [-0.05, 0) is 164 Å². The Morgan fingerprint density at radius 3 is 1.20 bits per heavy atom. The number of nitrogens with one attached hydrogen (secondary N) is 6. The Labute approximate surface area is 641 Å². The van der Waals surface area contributed by atoms with Gasteiger partial charge in [-0.15, -0.1) is 0 Å². The third kappa shape index (κ3) is 28.9.